The van der Waals surface area contributed by atoms with Crippen LogP contribution in [0.25, 0.3) is 22.2 Å². The minimum Gasteiger partial charge on any atom is -0.354 e. The molecular weight excluding hydrogens is 316 g/mol. The molecule has 3 heteroatoms. The molecule has 0 amide bonds. The molecule has 0 spiro atoms. The van der Waals surface area contributed by atoms with Crippen molar-refractivity contribution in [3.63, 3.8) is 0 Å². The fourth-order valence-electron chi connectivity index (χ4n) is 3.51. The molecule has 3 aromatic rings. The number of halogens is 1. The maximum Gasteiger partial charge on any atom is 0.0500 e. The molecule has 1 aromatic heterocycles. The zero-order valence-electron chi connectivity index (χ0n) is 14.7. The second kappa shape index (κ2) is 7.00. The highest BCUT2D eigenvalue weighted by molar-refractivity contribution is 6.31. The number of hydrogen-bond donors (Lipinski definition) is 2. The Morgan fingerprint density at radius 1 is 1.00 bits per heavy atom. The van der Waals surface area contributed by atoms with Gasteiger partial charge >= 0.3 is 0 Å². The van der Waals surface area contributed by atoms with E-state index in [0.717, 1.165) is 30.8 Å². The fraction of sp³-hybridized carbons (Fsp3) is 0.333. The van der Waals surface area contributed by atoms with Gasteiger partial charge in [-0.25, -0.2) is 0 Å². The van der Waals surface area contributed by atoms with Gasteiger partial charge in [0.25, 0.3) is 0 Å². The second-order valence-electron chi connectivity index (χ2n) is 6.69. The van der Waals surface area contributed by atoms with Crippen LogP contribution in [-0.2, 0) is 6.42 Å². The summed E-state index contributed by atoms with van der Waals surface area (Å²) in [6, 6.07) is 10.8. The minimum absolute atomic E-state index is 0.737. The Labute approximate surface area is 149 Å². The van der Waals surface area contributed by atoms with Crippen LogP contribution in [0, 0.1) is 20.8 Å². The summed E-state index contributed by atoms with van der Waals surface area (Å²) in [5, 5.41) is 2.04. The summed E-state index contributed by atoms with van der Waals surface area (Å²) in [5.74, 6) is 0. The molecule has 2 nitrogen and oxygen atoms in total. The molecule has 0 saturated heterocycles. The maximum absolute atomic E-state index is 6.33. The van der Waals surface area contributed by atoms with Crippen LogP contribution in [0.1, 0.15) is 35.1 Å². The van der Waals surface area contributed by atoms with E-state index < -0.39 is 0 Å². The van der Waals surface area contributed by atoms with Gasteiger partial charge in [0, 0.05) is 27.2 Å². The van der Waals surface area contributed by atoms with E-state index in [1.165, 1.54) is 44.4 Å². The first-order valence-electron chi connectivity index (χ1n) is 8.59. The number of nitrogens with two attached hydrogens (primary N) is 1. The van der Waals surface area contributed by atoms with Crippen molar-refractivity contribution in [3.05, 3.63) is 57.6 Å². The average molecular weight is 341 g/mol. The van der Waals surface area contributed by atoms with Gasteiger partial charge in [0.2, 0.25) is 0 Å². The predicted molar refractivity (Wildman–Crippen MR) is 105 cm³/mol. The normalized spacial score (nSPS) is 11.4. The average Bonchev–Trinajstić information content (AvgIpc) is 2.86. The van der Waals surface area contributed by atoms with E-state index in [9.17, 15) is 0 Å². The van der Waals surface area contributed by atoms with Crippen molar-refractivity contribution < 1.29 is 0 Å². The smallest absolute Gasteiger partial charge is 0.0500 e. The zero-order chi connectivity index (χ0) is 17.3. The molecular formula is C21H25ClN2. The van der Waals surface area contributed by atoms with Crippen LogP contribution in [-0.4, -0.2) is 11.5 Å². The standard InChI is InChI=1S/C21H25ClN2/c1-13-7-8-17(14(2)10-13)21-18(6-4-5-9-23)19-12-16(22)11-15(3)20(19)24-21/h7-8,10-12,24H,4-6,9,23H2,1-3H3. The summed E-state index contributed by atoms with van der Waals surface area (Å²) >= 11 is 6.33. The van der Waals surface area contributed by atoms with E-state index in [2.05, 4.69) is 50.0 Å². The van der Waals surface area contributed by atoms with Crippen LogP contribution in [0.2, 0.25) is 5.02 Å². The molecule has 0 radical (unpaired) electrons. The van der Waals surface area contributed by atoms with Crippen LogP contribution in [0.4, 0.5) is 0 Å². The number of aryl methyl sites for hydroxylation is 4. The molecule has 3 rings (SSSR count). The van der Waals surface area contributed by atoms with Gasteiger partial charge in [-0.1, -0.05) is 35.4 Å². The third kappa shape index (κ3) is 3.22. The van der Waals surface area contributed by atoms with Gasteiger partial charge in [-0.2, -0.15) is 0 Å². The van der Waals surface area contributed by atoms with Gasteiger partial charge in [-0.05, 0) is 75.4 Å². The lowest BCUT2D eigenvalue weighted by atomic mass is 9.96. The lowest BCUT2D eigenvalue weighted by molar-refractivity contribution is 0.748. The number of hydrogen-bond acceptors (Lipinski definition) is 1. The number of aromatic nitrogens is 1. The molecule has 2 aromatic carbocycles. The van der Waals surface area contributed by atoms with Gasteiger partial charge in [-0.3, -0.25) is 0 Å². The third-order valence-corrected chi connectivity index (χ3v) is 4.93. The third-order valence-electron chi connectivity index (χ3n) is 4.71. The Morgan fingerprint density at radius 3 is 2.50 bits per heavy atom. The molecule has 1 heterocycles. The Morgan fingerprint density at radius 2 is 1.79 bits per heavy atom. The molecule has 0 bridgehead atoms. The highest BCUT2D eigenvalue weighted by Gasteiger charge is 2.16. The number of benzene rings is 2. The van der Waals surface area contributed by atoms with Gasteiger partial charge in [-0.15, -0.1) is 0 Å². The van der Waals surface area contributed by atoms with Crippen molar-refractivity contribution in [2.45, 2.75) is 40.0 Å². The number of H-pyrrole nitrogens is 1. The first-order valence-corrected chi connectivity index (χ1v) is 8.97. The summed E-state index contributed by atoms with van der Waals surface area (Å²) in [4.78, 5) is 3.67. The summed E-state index contributed by atoms with van der Waals surface area (Å²) in [5.41, 5.74) is 14.5. The number of fused-ring (bicyclic) bond motifs is 1. The first-order chi connectivity index (χ1) is 11.5. The quantitative estimate of drug-likeness (QED) is 0.575. The maximum atomic E-state index is 6.33. The lowest BCUT2D eigenvalue weighted by Gasteiger charge is -2.09. The van der Waals surface area contributed by atoms with E-state index >= 15 is 0 Å². The van der Waals surface area contributed by atoms with Crippen LogP contribution in [0.15, 0.2) is 30.3 Å². The Kier molecular flexibility index (Phi) is 4.98. The molecule has 0 atom stereocenters. The molecule has 0 aliphatic heterocycles. The molecule has 0 saturated carbocycles. The van der Waals surface area contributed by atoms with Crippen molar-refractivity contribution in [3.8, 4) is 11.3 Å². The van der Waals surface area contributed by atoms with E-state index in [4.69, 9.17) is 17.3 Å². The second-order valence-corrected chi connectivity index (χ2v) is 7.12. The van der Waals surface area contributed by atoms with Crippen molar-refractivity contribution in [2.24, 2.45) is 5.73 Å². The highest BCUT2D eigenvalue weighted by atomic mass is 35.5. The van der Waals surface area contributed by atoms with E-state index in [0.29, 0.717) is 0 Å². The van der Waals surface area contributed by atoms with E-state index in [1.807, 2.05) is 6.07 Å². The number of aromatic amines is 1. The van der Waals surface area contributed by atoms with Crippen LogP contribution >= 0.6 is 11.6 Å². The molecule has 0 unspecified atom stereocenters. The molecule has 0 aliphatic rings. The SMILES string of the molecule is Cc1ccc(-c2[nH]c3c(C)cc(Cl)cc3c2CCCCN)c(C)c1. The highest BCUT2D eigenvalue weighted by Crippen LogP contribution is 2.36. The minimum atomic E-state index is 0.737. The van der Waals surface area contributed by atoms with Crippen molar-refractivity contribution in [1.29, 1.82) is 0 Å². The predicted octanol–water partition coefficient (Wildman–Crippen LogP) is 5.69. The monoisotopic (exact) mass is 340 g/mol. The molecule has 3 N–H and O–H groups in total. The molecule has 24 heavy (non-hydrogen) atoms. The van der Waals surface area contributed by atoms with E-state index in [1.54, 1.807) is 0 Å². The Balaban J connectivity index is 2.21. The van der Waals surface area contributed by atoms with Crippen molar-refractivity contribution in [2.75, 3.05) is 6.54 Å². The Hall–Kier alpha value is -1.77. The zero-order valence-corrected chi connectivity index (χ0v) is 15.4. The molecule has 126 valence electrons. The van der Waals surface area contributed by atoms with Crippen molar-refractivity contribution >= 4 is 22.5 Å². The fourth-order valence-corrected chi connectivity index (χ4v) is 3.78. The summed E-state index contributed by atoms with van der Waals surface area (Å²) < 4.78 is 0. The summed E-state index contributed by atoms with van der Waals surface area (Å²) in [6.45, 7) is 7.16. The van der Waals surface area contributed by atoms with Gasteiger partial charge < -0.3 is 10.7 Å². The lowest BCUT2D eigenvalue weighted by Crippen LogP contribution is -1.99. The number of nitrogens with one attached hydrogen (secondary N) is 1. The first kappa shape index (κ1) is 17.1. The molecule has 0 fully saturated rings. The van der Waals surface area contributed by atoms with Crippen LogP contribution in [0.3, 0.4) is 0 Å². The Bertz CT molecular complexity index is 877. The summed E-state index contributed by atoms with van der Waals surface area (Å²) in [7, 11) is 0. The van der Waals surface area contributed by atoms with Crippen LogP contribution < -0.4 is 5.73 Å². The van der Waals surface area contributed by atoms with Gasteiger partial charge in [0.05, 0.1) is 0 Å². The largest absolute Gasteiger partial charge is 0.354 e. The van der Waals surface area contributed by atoms with Crippen molar-refractivity contribution in [1.82, 2.24) is 4.98 Å². The van der Waals surface area contributed by atoms with E-state index in [-0.39, 0.29) is 0 Å². The topological polar surface area (TPSA) is 41.8 Å². The van der Waals surface area contributed by atoms with Gasteiger partial charge in [0.15, 0.2) is 0 Å². The summed E-state index contributed by atoms with van der Waals surface area (Å²) in [6.07, 6.45) is 3.14. The number of unbranched alkanes of at least 4 members (excludes halogenated alkanes) is 1. The number of rotatable bonds is 5. The van der Waals surface area contributed by atoms with Gasteiger partial charge in [0.1, 0.15) is 0 Å². The molecule has 0 aliphatic carbocycles. The van der Waals surface area contributed by atoms with Crippen LogP contribution in [0.5, 0.6) is 0 Å².